The minimum Gasteiger partial charge on any atom is -0.383 e. The molecule has 10 heteroatoms. The van der Waals surface area contributed by atoms with Crippen molar-refractivity contribution in [1.82, 2.24) is 9.55 Å². The second kappa shape index (κ2) is 11.5. The van der Waals surface area contributed by atoms with E-state index >= 15 is 0 Å². The smallest absolute Gasteiger partial charge is 0.330 e. The van der Waals surface area contributed by atoms with E-state index in [1.807, 2.05) is 36.4 Å². The molecule has 0 saturated heterocycles. The monoisotopic (exact) mass is 462 g/mol. The molecular weight excluding hydrogens is 436 g/mol. The van der Waals surface area contributed by atoms with Gasteiger partial charge in [0.05, 0.1) is 24.8 Å². The van der Waals surface area contributed by atoms with Crippen LogP contribution in [0.2, 0.25) is 0 Å². The maximum atomic E-state index is 12.8. The summed E-state index contributed by atoms with van der Waals surface area (Å²) in [5, 5.41) is 11.7. The standard InChI is InChI=1S/C24H26N6O4/c1-34-14-13-30-22(26)21(23(32)28-24(30)33)29(16-18-5-3-2-4-6-18)12-11-20(31)27-19-9-7-17(15-25)8-10-19/h2-10H,11-14,16,26H2,1H3,(H,27,31)(H,28,32,33). The minimum atomic E-state index is -0.625. The Morgan fingerprint density at radius 2 is 1.88 bits per heavy atom. The van der Waals surface area contributed by atoms with E-state index in [4.69, 9.17) is 15.7 Å². The van der Waals surface area contributed by atoms with E-state index in [1.54, 1.807) is 29.2 Å². The van der Waals surface area contributed by atoms with Gasteiger partial charge in [0, 0.05) is 32.3 Å². The summed E-state index contributed by atoms with van der Waals surface area (Å²) in [4.78, 5) is 41.6. The van der Waals surface area contributed by atoms with E-state index in [0.717, 1.165) is 5.56 Å². The predicted octanol–water partition coefficient (Wildman–Crippen LogP) is 1.67. The number of nitrogens with one attached hydrogen (secondary N) is 2. The summed E-state index contributed by atoms with van der Waals surface area (Å²) in [6, 6.07) is 18.0. The maximum absolute atomic E-state index is 12.8. The molecule has 10 nitrogen and oxygen atoms in total. The van der Waals surface area contributed by atoms with E-state index in [2.05, 4.69) is 10.3 Å². The van der Waals surface area contributed by atoms with Gasteiger partial charge in [0.15, 0.2) is 0 Å². The fourth-order valence-electron chi connectivity index (χ4n) is 3.45. The first-order valence-electron chi connectivity index (χ1n) is 10.6. The van der Waals surface area contributed by atoms with Gasteiger partial charge < -0.3 is 20.7 Å². The predicted molar refractivity (Wildman–Crippen MR) is 130 cm³/mol. The molecule has 0 aliphatic rings. The Morgan fingerprint density at radius 3 is 2.53 bits per heavy atom. The normalized spacial score (nSPS) is 10.5. The maximum Gasteiger partial charge on any atom is 0.330 e. The van der Waals surface area contributed by atoms with Crippen molar-refractivity contribution in [2.24, 2.45) is 0 Å². The number of rotatable bonds is 10. The zero-order valence-electron chi connectivity index (χ0n) is 18.8. The van der Waals surface area contributed by atoms with Crippen LogP contribution in [0.4, 0.5) is 17.2 Å². The lowest BCUT2D eigenvalue weighted by Gasteiger charge is -2.26. The summed E-state index contributed by atoms with van der Waals surface area (Å²) >= 11 is 0. The molecule has 4 N–H and O–H groups in total. The molecule has 3 rings (SSSR count). The summed E-state index contributed by atoms with van der Waals surface area (Å²) in [5.41, 5.74) is 7.08. The van der Waals surface area contributed by atoms with Crippen molar-refractivity contribution < 1.29 is 9.53 Å². The molecule has 1 heterocycles. The van der Waals surface area contributed by atoms with Gasteiger partial charge in [-0.3, -0.25) is 19.1 Å². The summed E-state index contributed by atoms with van der Waals surface area (Å²) in [6.07, 6.45) is 0.0584. The number of carbonyl (C=O) groups excluding carboxylic acids is 1. The third-order valence-corrected chi connectivity index (χ3v) is 5.17. The molecule has 0 aliphatic carbocycles. The Bertz CT molecular complexity index is 1280. The molecule has 0 fully saturated rings. The van der Waals surface area contributed by atoms with Crippen molar-refractivity contribution in [3.05, 3.63) is 86.6 Å². The Balaban J connectivity index is 1.85. The third kappa shape index (κ3) is 6.11. The number of aromatic amines is 1. The van der Waals surface area contributed by atoms with Gasteiger partial charge in [-0.2, -0.15) is 5.26 Å². The van der Waals surface area contributed by atoms with Gasteiger partial charge >= 0.3 is 5.69 Å². The molecule has 0 atom stereocenters. The zero-order chi connectivity index (χ0) is 24.5. The van der Waals surface area contributed by atoms with Crippen molar-refractivity contribution in [3.8, 4) is 6.07 Å². The second-order valence-corrected chi connectivity index (χ2v) is 7.53. The fourth-order valence-corrected chi connectivity index (χ4v) is 3.45. The zero-order valence-corrected chi connectivity index (χ0v) is 18.8. The van der Waals surface area contributed by atoms with Crippen molar-refractivity contribution in [2.45, 2.75) is 19.5 Å². The molecule has 0 unspecified atom stereocenters. The number of methoxy groups -OCH3 is 1. The summed E-state index contributed by atoms with van der Waals surface area (Å²) < 4.78 is 6.29. The van der Waals surface area contributed by atoms with Gasteiger partial charge in [-0.15, -0.1) is 0 Å². The lowest BCUT2D eigenvalue weighted by atomic mass is 10.2. The van der Waals surface area contributed by atoms with Crippen LogP contribution in [0.1, 0.15) is 17.5 Å². The van der Waals surface area contributed by atoms with Gasteiger partial charge in [-0.1, -0.05) is 30.3 Å². The number of nitrogen functional groups attached to an aromatic ring is 1. The van der Waals surface area contributed by atoms with Crippen LogP contribution >= 0.6 is 0 Å². The number of aromatic nitrogens is 2. The minimum absolute atomic E-state index is 0.00855. The van der Waals surface area contributed by atoms with Gasteiger partial charge in [0.1, 0.15) is 11.5 Å². The number of hydrogen-bond donors (Lipinski definition) is 3. The number of amides is 1. The molecule has 1 amide bonds. The number of anilines is 3. The van der Waals surface area contributed by atoms with Crippen LogP contribution in [0.15, 0.2) is 64.2 Å². The van der Waals surface area contributed by atoms with Crippen LogP contribution in [-0.4, -0.2) is 35.7 Å². The molecule has 2 aromatic carbocycles. The van der Waals surface area contributed by atoms with E-state index in [1.165, 1.54) is 11.7 Å². The molecule has 0 saturated carbocycles. The van der Waals surface area contributed by atoms with Crippen molar-refractivity contribution in [1.29, 1.82) is 5.26 Å². The molecule has 0 bridgehead atoms. The van der Waals surface area contributed by atoms with E-state index in [9.17, 15) is 14.4 Å². The molecule has 3 aromatic rings. The van der Waals surface area contributed by atoms with Gasteiger partial charge in [-0.25, -0.2) is 4.79 Å². The van der Waals surface area contributed by atoms with Gasteiger partial charge in [0.2, 0.25) is 5.91 Å². The highest BCUT2D eigenvalue weighted by Crippen LogP contribution is 2.20. The van der Waals surface area contributed by atoms with E-state index in [-0.39, 0.29) is 43.5 Å². The second-order valence-electron chi connectivity index (χ2n) is 7.53. The largest absolute Gasteiger partial charge is 0.383 e. The molecule has 1 aromatic heterocycles. The van der Waals surface area contributed by atoms with Crippen molar-refractivity contribution in [2.75, 3.05) is 36.2 Å². The van der Waals surface area contributed by atoms with Crippen LogP contribution in [0.25, 0.3) is 0 Å². The number of hydrogen-bond acceptors (Lipinski definition) is 7. The van der Waals surface area contributed by atoms with Crippen LogP contribution in [0.3, 0.4) is 0 Å². The number of nitrogens with zero attached hydrogens (tertiary/aromatic N) is 3. The summed E-state index contributed by atoms with van der Waals surface area (Å²) in [6.45, 7) is 0.887. The highest BCUT2D eigenvalue weighted by Gasteiger charge is 2.20. The van der Waals surface area contributed by atoms with Crippen molar-refractivity contribution >= 4 is 23.1 Å². The first kappa shape index (κ1) is 24.3. The average molecular weight is 463 g/mol. The van der Waals surface area contributed by atoms with Gasteiger partial charge in [0.25, 0.3) is 5.56 Å². The molecule has 0 aliphatic heterocycles. The Hall–Kier alpha value is -4.36. The average Bonchev–Trinajstić information content (AvgIpc) is 2.83. The van der Waals surface area contributed by atoms with Gasteiger partial charge in [-0.05, 0) is 29.8 Å². The lowest BCUT2D eigenvalue weighted by molar-refractivity contribution is -0.116. The number of carbonyl (C=O) groups is 1. The first-order chi connectivity index (χ1) is 16.4. The number of benzene rings is 2. The molecule has 0 spiro atoms. The molecule has 34 heavy (non-hydrogen) atoms. The summed E-state index contributed by atoms with van der Waals surface area (Å²) in [5.74, 6) is -0.264. The Labute approximate surface area is 196 Å². The summed E-state index contributed by atoms with van der Waals surface area (Å²) in [7, 11) is 1.50. The third-order valence-electron chi connectivity index (χ3n) is 5.17. The molecule has 0 radical (unpaired) electrons. The number of ether oxygens (including phenoxy) is 1. The van der Waals surface area contributed by atoms with Crippen molar-refractivity contribution in [3.63, 3.8) is 0 Å². The topological polar surface area (TPSA) is 146 Å². The molecule has 176 valence electrons. The lowest BCUT2D eigenvalue weighted by Crippen LogP contribution is -2.39. The fraction of sp³-hybridized carbons (Fsp3) is 0.250. The Morgan fingerprint density at radius 1 is 1.18 bits per heavy atom. The van der Waals surface area contributed by atoms with E-state index < -0.39 is 11.2 Å². The van der Waals surface area contributed by atoms with Crippen LogP contribution in [0, 0.1) is 11.3 Å². The Kier molecular flexibility index (Phi) is 8.21. The highest BCUT2D eigenvalue weighted by atomic mass is 16.5. The van der Waals surface area contributed by atoms with Crippen LogP contribution in [-0.2, 0) is 22.6 Å². The van der Waals surface area contributed by atoms with E-state index in [0.29, 0.717) is 17.8 Å². The quantitative estimate of drug-likeness (QED) is 0.415. The first-order valence-corrected chi connectivity index (χ1v) is 10.6. The highest BCUT2D eigenvalue weighted by molar-refractivity contribution is 5.91. The number of nitriles is 1. The number of H-pyrrole nitrogens is 1. The number of nitrogens with two attached hydrogens (primary N) is 1. The molecular formula is C24H26N6O4. The van der Waals surface area contributed by atoms with Crippen LogP contribution < -0.4 is 27.2 Å². The van der Waals surface area contributed by atoms with Crippen LogP contribution in [0.5, 0.6) is 0 Å². The SMILES string of the molecule is COCCn1c(N)c(N(CCC(=O)Nc2ccc(C#N)cc2)Cc2ccccc2)c(=O)[nH]c1=O.